The van der Waals surface area contributed by atoms with Gasteiger partial charge in [0.25, 0.3) is 0 Å². The molecule has 0 aliphatic rings. The molecule has 0 aliphatic carbocycles. The van der Waals surface area contributed by atoms with Crippen LogP contribution >= 0.6 is 0 Å². The van der Waals surface area contributed by atoms with Gasteiger partial charge in [0.15, 0.2) is 5.96 Å². The zero-order valence-electron chi connectivity index (χ0n) is 14.3. The minimum absolute atomic E-state index is 0.675. The topological polar surface area (TPSA) is 52.2 Å². The van der Waals surface area contributed by atoms with Crippen molar-refractivity contribution < 1.29 is 0 Å². The SMILES string of the molecule is CCNC(=NCc1ccccc1C)NCc1cc2ccccc2[nH]1. The third-order valence-electron chi connectivity index (χ3n) is 4.05. The number of nitrogens with one attached hydrogen (secondary N) is 3. The maximum atomic E-state index is 4.69. The van der Waals surface area contributed by atoms with E-state index in [1.165, 1.54) is 16.5 Å². The molecule has 0 amide bonds. The number of aromatic amines is 1. The van der Waals surface area contributed by atoms with Crippen LogP contribution in [0.25, 0.3) is 10.9 Å². The van der Waals surface area contributed by atoms with E-state index >= 15 is 0 Å². The first-order chi connectivity index (χ1) is 11.8. The first-order valence-electron chi connectivity index (χ1n) is 8.39. The van der Waals surface area contributed by atoms with Crippen LogP contribution in [0.2, 0.25) is 0 Å². The van der Waals surface area contributed by atoms with Crippen LogP contribution in [0.4, 0.5) is 0 Å². The number of aryl methyl sites for hydroxylation is 1. The first kappa shape index (κ1) is 16.1. The molecule has 0 bridgehead atoms. The number of hydrogen-bond donors (Lipinski definition) is 3. The highest BCUT2D eigenvalue weighted by Gasteiger charge is 2.03. The first-order valence-corrected chi connectivity index (χ1v) is 8.39. The molecule has 4 nitrogen and oxygen atoms in total. The van der Waals surface area contributed by atoms with Gasteiger partial charge in [-0.25, -0.2) is 4.99 Å². The molecule has 24 heavy (non-hydrogen) atoms. The third-order valence-corrected chi connectivity index (χ3v) is 4.05. The van der Waals surface area contributed by atoms with Crippen LogP contribution in [0, 0.1) is 6.92 Å². The van der Waals surface area contributed by atoms with Crippen molar-refractivity contribution in [1.82, 2.24) is 15.6 Å². The molecule has 0 spiro atoms. The van der Waals surface area contributed by atoms with Gasteiger partial charge in [0.2, 0.25) is 0 Å². The lowest BCUT2D eigenvalue weighted by Gasteiger charge is -2.11. The second-order valence-electron chi connectivity index (χ2n) is 5.86. The summed E-state index contributed by atoms with van der Waals surface area (Å²) in [5.74, 6) is 0.833. The van der Waals surface area contributed by atoms with E-state index in [1.807, 2.05) is 6.07 Å². The van der Waals surface area contributed by atoms with Crippen LogP contribution in [-0.2, 0) is 13.1 Å². The molecule has 3 aromatic rings. The van der Waals surface area contributed by atoms with Gasteiger partial charge in [-0.05, 0) is 42.5 Å². The normalized spacial score (nSPS) is 11.7. The van der Waals surface area contributed by atoms with Crippen LogP contribution < -0.4 is 10.6 Å². The zero-order valence-corrected chi connectivity index (χ0v) is 14.3. The summed E-state index contributed by atoms with van der Waals surface area (Å²) in [5.41, 5.74) is 4.84. The van der Waals surface area contributed by atoms with Gasteiger partial charge < -0.3 is 15.6 Å². The van der Waals surface area contributed by atoms with Gasteiger partial charge in [-0.15, -0.1) is 0 Å². The lowest BCUT2D eigenvalue weighted by molar-refractivity contribution is 0.804. The van der Waals surface area contributed by atoms with Crippen LogP contribution in [-0.4, -0.2) is 17.5 Å². The van der Waals surface area contributed by atoms with E-state index in [-0.39, 0.29) is 0 Å². The number of aromatic nitrogens is 1. The summed E-state index contributed by atoms with van der Waals surface area (Å²) in [5, 5.41) is 7.93. The van der Waals surface area contributed by atoms with Crippen molar-refractivity contribution in [3.63, 3.8) is 0 Å². The van der Waals surface area contributed by atoms with E-state index in [0.717, 1.165) is 23.7 Å². The van der Waals surface area contributed by atoms with Crippen LogP contribution in [0.1, 0.15) is 23.7 Å². The van der Waals surface area contributed by atoms with Crippen molar-refractivity contribution in [3.05, 3.63) is 71.4 Å². The minimum atomic E-state index is 0.675. The fraction of sp³-hybridized carbons (Fsp3) is 0.250. The number of benzene rings is 2. The molecule has 4 heteroatoms. The highest BCUT2D eigenvalue weighted by molar-refractivity contribution is 5.81. The van der Waals surface area contributed by atoms with Gasteiger partial charge in [0.1, 0.15) is 0 Å². The molecule has 124 valence electrons. The van der Waals surface area contributed by atoms with Crippen molar-refractivity contribution in [2.24, 2.45) is 4.99 Å². The van der Waals surface area contributed by atoms with E-state index < -0.39 is 0 Å². The minimum Gasteiger partial charge on any atom is -0.357 e. The fourth-order valence-electron chi connectivity index (χ4n) is 2.70. The Kier molecular flexibility index (Phi) is 5.16. The van der Waals surface area contributed by atoms with E-state index in [4.69, 9.17) is 4.99 Å². The summed E-state index contributed by atoms with van der Waals surface area (Å²) < 4.78 is 0. The number of para-hydroxylation sites is 1. The Labute approximate surface area is 143 Å². The monoisotopic (exact) mass is 320 g/mol. The van der Waals surface area contributed by atoms with Gasteiger partial charge in [0, 0.05) is 17.8 Å². The third kappa shape index (κ3) is 3.96. The van der Waals surface area contributed by atoms with Crippen molar-refractivity contribution >= 4 is 16.9 Å². The van der Waals surface area contributed by atoms with E-state index in [9.17, 15) is 0 Å². The van der Waals surface area contributed by atoms with Gasteiger partial charge in [-0.2, -0.15) is 0 Å². The maximum Gasteiger partial charge on any atom is 0.191 e. The summed E-state index contributed by atoms with van der Waals surface area (Å²) >= 11 is 0. The largest absolute Gasteiger partial charge is 0.357 e. The smallest absolute Gasteiger partial charge is 0.191 e. The van der Waals surface area contributed by atoms with Gasteiger partial charge in [-0.3, -0.25) is 0 Å². The Morgan fingerprint density at radius 2 is 1.83 bits per heavy atom. The number of H-pyrrole nitrogens is 1. The molecule has 3 rings (SSSR count). The summed E-state index contributed by atoms with van der Waals surface area (Å²) in [6.45, 7) is 6.43. The second-order valence-corrected chi connectivity index (χ2v) is 5.86. The lowest BCUT2D eigenvalue weighted by atomic mass is 10.1. The highest BCUT2D eigenvalue weighted by atomic mass is 15.2. The number of guanidine groups is 1. The average Bonchev–Trinajstić information content (AvgIpc) is 3.01. The Balaban J connectivity index is 1.67. The predicted octanol–water partition coefficient (Wildman–Crippen LogP) is 3.73. The molecule has 0 unspecified atom stereocenters. The predicted molar refractivity (Wildman–Crippen MR) is 101 cm³/mol. The summed E-state index contributed by atoms with van der Waals surface area (Å²) in [7, 11) is 0. The van der Waals surface area contributed by atoms with Crippen LogP contribution in [0.5, 0.6) is 0 Å². The molecule has 0 atom stereocenters. The molecule has 1 aromatic heterocycles. The number of hydrogen-bond acceptors (Lipinski definition) is 1. The van der Waals surface area contributed by atoms with E-state index in [1.54, 1.807) is 0 Å². The van der Waals surface area contributed by atoms with Gasteiger partial charge in [-0.1, -0.05) is 42.5 Å². The van der Waals surface area contributed by atoms with Crippen LogP contribution in [0.3, 0.4) is 0 Å². The number of fused-ring (bicyclic) bond motifs is 1. The lowest BCUT2D eigenvalue weighted by Crippen LogP contribution is -2.36. The van der Waals surface area contributed by atoms with Gasteiger partial charge in [0.05, 0.1) is 13.1 Å². The number of nitrogens with zero attached hydrogens (tertiary/aromatic N) is 1. The fourth-order valence-corrected chi connectivity index (χ4v) is 2.70. The van der Waals surface area contributed by atoms with E-state index in [0.29, 0.717) is 13.1 Å². The van der Waals surface area contributed by atoms with Crippen molar-refractivity contribution in [2.75, 3.05) is 6.54 Å². The molecule has 0 fully saturated rings. The Bertz CT molecular complexity index is 799. The molecule has 3 N–H and O–H groups in total. The van der Waals surface area contributed by atoms with E-state index in [2.05, 4.69) is 78.0 Å². The van der Waals surface area contributed by atoms with Crippen molar-refractivity contribution in [3.8, 4) is 0 Å². The number of rotatable bonds is 5. The molecule has 0 saturated carbocycles. The van der Waals surface area contributed by atoms with Crippen LogP contribution in [0.15, 0.2) is 59.6 Å². The average molecular weight is 320 g/mol. The molecular formula is C20H24N4. The van der Waals surface area contributed by atoms with Crippen molar-refractivity contribution in [2.45, 2.75) is 26.9 Å². The Morgan fingerprint density at radius 1 is 1.04 bits per heavy atom. The summed E-state index contributed by atoms with van der Waals surface area (Å²) in [6, 6.07) is 18.8. The highest BCUT2D eigenvalue weighted by Crippen LogP contribution is 2.14. The molecular weight excluding hydrogens is 296 g/mol. The van der Waals surface area contributed by atoms with Crippen molar-refractivity contribution in [1.29, 1.82) is 0 Å². The molecule has 0 saturated heterocycles. The number of aliphatic imine (C=N–C) groups is 1. The molecule has 1 heterocycles. The Morgan fingerprint density at radius 3 is 2.62 bits per heavy atom. The standard InChI is InChI=1S/C20H24N4/c1-3-21-20(22-13-17-10-5-4-8-15(17)2)23-14-18-12-16-9-6-7-11-19(16)24-18/h4-12,24H,3,13-14H2,1-2H3,(H2,21,22,23). The summed E-state index contributed by atoms with van der Waals surface area (Å²) in [4.78, 5) is 8.12. The second kappa shape index (κ2) is 7.68. The molecule has 0 radical (unpaired) electrons. The summed E-state index contributed by atoms with van der Waals surface area (Å²) in [6.07, 6.45) is 0. The Hall–Kier alpha value is -2.75. The van der Waals surface area contributed by atoms with Gasteiger partial charge >= 0.3 is 0 Å². The maximum absolute atomic E-state index is 4.69. The quantitative estimate of drug-likeness (QED) is 0.495. The molecule has 0 aliphatic heterocycles. The zero-order chi connectivity index (χ0) is 16.8. The molecule has 2 aromatic carbocycles.